The zero-order valence-electron chi connectivity index (χ0n) is 5.86. The Balaban J connectivity index is 2.43. The van der Waals surface area contributed by atoms with E-state index in [1.807, 2.05) is 18.2 Å². The van der Waals surface area contributed by atoms with Gasteiger partial charge in [-0.25, -0.2) is 4.89 Å². The highest BCUT2D eigenvalue weighted by Gasteiger charge is 2.03. The fourth-order valence-electron chi connectivity index (χ4n) is 0.984. The monoisotopic (exact) mass is 140 g/mol. The lowest BCUT2D eigenvalue weighted by Gasteiger charge is -2.07. The average molecular weight is 140 g/mol. The van der Waals surface area contributed by atoms with Crippen molar-refractivity contribution in [1.82, 2.24) is 0 Å². The van der Waals surface area contributed by atoms with Crippen molar-refractivity contribution in [1.29, 1.82) is 0 Å². The van der Waals surface area contributed by atoms with Crippen LogP contribution in [0.5, 0.6) is 0 Å². The van der Waals surface area contributed by atoms with E-state index in [2.05, 4.69) is 11.0 Å². The Kier molecular flexibility index (Phi) is 3.19. The third-order valence-electron chi connectivity index (χ3n) is 1.57. The molecule has 2 heteroatoms. The van der Waals surface area contributed by atoms with Gasteiger partial charge >= 0.3 is 0 Å². The molecular weight excluding hydrogens is 128 g/mol. The largest absolute Gasteiger partial charge is 0.251 e. The summed E-state index contributed by atoms with van der Waals surface area (Å²) in [4.78, 5) is 4.21. The molecule has 10 heavy (non-hydrogen) atoms. The topological polar surface area (TPSA) is 29.5 Å². The Labute approximate surface area is 60.7 Å². The van der Waals surface area contributed by atoms with Gasteiger partial charge in [0, 0.05) is 0 Å². The first kappa shape index (κ1) is 7.51. The van der Waals surface area contributed by atoms with Crippen molar-refractivity contribution < 1.29 is 10.1 Å². The highest BCUT2D eigenvalue weighted by Crippen LogP contribution is 2.08. The summed E-state index contributed by atoms with van der Waals surface area (Å²) >= 11 is 0. The fraction of sp³-hybridized carbons (Fsp3) is 0.500. The highest BCUT2D eigenvalue weighted by atomic mass is 17.1. The molecule has 0 aromatic heterocycles. The van der Waals surface area contributed by atoms with Crippen molar-refractivity contribution in [2.75, 3.05) is 0 Å². The molecule has 1 rings (SSSR count). The van der Waals surface area contributed by atoms with Crippen molar-refractivity contribution in [2.24, 2.45) is 0 Å². The second-order valence-electron chi connectivity index (χ2n) is 2.39. The molecule has 1 aliphatic carbocycles. The van der Waals surface area contributed by atoms with E-state index >= 15 is 0 Å². The fourth-order valence-corrected chi connectivity index (χ4v) is 0.984. The maximum atomic E-state index is 8.33. The Morgan fingerprint density at radius 2 is 2.30 bits per heavy atom. The lowest BCUT2D eigenvalue weighted by molar-refractivity contribution is -0.267. The van der Waals surface area contributed by atoms with Gasteiger partial charge in [0.05, 0.1) is 0 Å². The van der Waals surface area contributed by atoms with E-state index in [9.17, 15) is 0 Å². The van der Waals surface area contributed by atoms with Crippen LogP contribution in [0, 0.1) is 0 Å². The normalized spacial score (nSPS) is 32.3. The third-order valence-corrected chi connectivity index (χ3v) is 1.57. The van der Waals surface area contributed by atoms with Gasteiger partial charge in [-0.05, 0) is 19.3 Å². The zero-order valence-corrected chi connectivity index (χ0v) is 5.86. The molecule has 0 aromatic rings. The van der Waals surface area contributed by atoms with Crippen molar-refractivity contribution in [2.45, 2.75) is 25.4 Å². The summed E-state index contributed by atoms with van der Waals surface area (Å²) in [7, 11) is 0. The Bertz CT molecular complexity index is 138. The average Bonchev–Trinajstić information content (AvgIpc) is 1.87. The maximum Gasteiger partial charge on any atom is 0.111 e. The maximum absolute atomic E-state index is 8.33. The van der Waals surface area contributed by atoms with E-state index in [-0.39, 0.29) is 6.10 Å². The van der Waals surface area contributed by atoms with Crippen LogP contribution in [0.2, 0.25) is 0 Å². The van der Waals surface area contributed by atoms with Gasteiger partial charge in [-0.15, -0.1) is 0 Å². The first-order valence-electron chi connectivity index (χ1n) is 3.57. The van der Waals surface area contributed by atoms with Gasteiger partial charge in [-0.3, -0.25) is 5.26 Å². The second-order valence-corrected chi connectivity index (χ2v) is 2.39. The molecular formula is C8H12O2. The quantitative estimate of drug-likeness (QED) is 0.446. The molecule has 1 unspecified atom stereocenters. The van der Waals surface area contributed by atoms with Crippen LogP contribution in [0.1, 0.15) is 19.3 Å². The predicted octanol–water partition coefficient (Wildman–Crippen LogP) is 2.14. The van der Waals surface area contributed by atoms with Crippen LogP contribution in [-0.2, 0) is 4.89 Å². The van der Waals surface area contributed by atoms with Gasteiger partial charge < -0.3 is 0 Å². The first-order chi connectivity index (χ1) is 4.93. The second kappa shape index (κ2) is 4.25. The van der Waals surface area contributed by atoms with Crippen LogP contribution in [0.25, 0.3) is 0 Å². The van der Waals surface area contributed by atoms with Crippen LogP contribution in [0.4, 0.5) is 0 Å². The molecule has 0 aromatic carbocycles. The highest BCUT2D eigenvalue weighted by molar-refractivity contribution is 5.06. The lowest BCUT2D eigenvalue weighted by Crippen LogP contribution is -2.06. The van der Waals surface area contributed by atoms with Gasteiger partial charge in [0.15, 0.2) is 0 Å². The van der Waals surface area contributed by atoms with Crippen LogP contribution in [-0.4, -0.2) is 11.4 Å². The van der Waals surface area contributed by atoms with Gasteiger partial charge in [0.1, 0.15) is 6.10 Å². The molecule has 1 atom stereocenters. The van der Waals surface area contributed by atoms with E-state index in [1.165, 1.54) is 0 Å². The van der Waals surface area contributed by atoms with E-state index in [0.717, 1.165) is 19.3 Å². The summed E-state index contributed by atoms with van der Waals surface area (Å²) in [6.07, 6.45) is 10.8. The number of allylic oxidation sites excluding steroid dienone is 3. The number of hydrogen-bond donors (Lipinski definition) is 1. The molecule has 1 aliphatic rings. The summed E-state index contributed by atoms with van der Waals surface area (Å²) in [6, 6.07) is 0. The molecule has 0 saturated carbocycles. The van der Waals surface area contributed by atoms with Gasteiger partial charge in [0.25, 0.3) is 0 Å². The molecule has 0 fully saturated rings. The minimum Gasteiger partial charge on any atom is -0.251 e. The molecule has 0 saturated heterocycles. The summed E-state index contributed by atoms with van der Waals surface area (Å²) in [5.74, 6) is 0. The van der Waals surface area contributed by atoms with Crippen LogP contribution < -0.4 is 0 Å². The van der Waals surface area contributed by atoms with Gasteiger partial charge in [-0.1, -0.05) is 24.3 Å². The van der Waals surface area contributed by atoms with E-state index in [4.69, 9.17) is 5.26 Å². The summed E-state index contributed by atoms with van der Waals surface area (Å²) in [6.45, 7) is 0. The SMILES string of the molecule is OOC1/C=C\C=C/CCC1. The molecule has 56 valence electrons. The standard InChI is InChI=1S/C8H12O2/c9-10-8-6-4-2-1-3-5-7-8/h1-2,4,6,8-9H,3,5,7H2/b2-1-,6-4-. The van der Waals surface area contributed by atoms with Crippen molar-refractivity contribution >= 4 is 0 Å². The van der Waals surface area contributed by atoms with Crippen molar-refractivity contribution in [3.05, 3.63) is 24.3 Å². The first-order valence-corrected chi connectivity index (χ1v) is 3.57. The van der Waals surface area contributed by atoms with E-state index in [1.54, 1.807) is 0 Å². The van der Waals surface area contributed by atoms with Gasteiger partial charge in [0.2, 0.25) is 0 Å². The Hall–Kier alpha value is -0.600. The van der Waals surface area contributed by atoms with E-state index in [0.29, 0.717) is 0 Å². The van der Waals surface area contributed by atoms with E-state index < -0.39 is 0 Å². The minimum absolute atomic E-state index is 0.107. The van der Waals surface area contributed by atoms with Crippen LogP contribution in [0.15, 0.2) is 24.3 Å². The molecule has 0 amide bonds. The summed E-state index contributed by atoms with van der Waals surface area (Å²) in [5.41, 5.74) is 0. The zero-order chi connectivity index (χ0) is 7.23. The molecule has 1 N–H and O–H groups in total. The Morgan fingerprint density at radius 1 is 1.40 bits per heavy atom. The molecule has 0 radical (unpaired) electrons. The number of hydrogen-bond acceptors (Lipinski definition) is 2. The summed E-state index contributed by atoms with van der Waals surface area (Å²) in [5, 5.41) is 8.33. The minimum atomic E-state index is -0.107. The predicted molar refractivity (Wildman–Crippen MR) is 39.6 cm³/mol. The smallest absolute Gasteiger partial charge is 0.111 e. The number of rotatable bonds is 1. The molecule has 2 nitrogen and oxygen atoms in total. The Morgan fingerprint density at radius 3 is 3.10 bits per heavy atom. The summed E-state index contributed by atoms with van der Waals surface area (Å²) < 4.78 is 0. The van der Waals surface area contributed by atoms with Crippen molar-refractivity contribution in [3.8, 4) is 0 Å². The molecule has 0 heterocycles. The molecule has 0 spiro atoms. The lowest BCUT2D eigenvalue weighted by atomic mass is 10.1. The molecule has 0 bridgehead atoms. The van der Waals surface area contributed by atoms with Crippen molar-refractivity contribution in [3.63, 3.8) is 0 Å². The third kappa shape index (κ3) is 2.33. The van der Waals surface area contributed by atoms with Gasteiger partial charge in [-0.2, -0.15) is 0 Å². The van der Waals surface area contributed by atoms with Crippen LogP contribution >= 0.6 is 0 Å². The molecule has 0 aliphatic heterocycles. The van der Waals surface area contributed by atoms with Crippen LogP contribution in [0.3, 0.4) is 0 Å².